The molecular weight excluding hydrogens is 406 g/mol. The van der Waals surface area contributed by atoms with E-state index in [1.54, 1.807) is 54.8 Å². The van der Waals surface area contributed by atoms with Crippen LogP contribution < -0.4 is 15.8 Å². The summed E-state index contributed by atoms with van der Waals surface area (Å²) in [5.41, 5.74) is 6.22. The number of piperidine rings is 1. The van der Waals surface area contributed by atoms with Crippen molar-refractivity contribution in [1.29, 1.82) is 0 Å². The van der Waals surface area contributed by atoms with Crippen LogP contribution in [0, 0.1) is 0 Å². The zero-order valence-corrected chi connectivity index (χ0v) is 17.8. The van der Waals surface area contributed by atoms with Crippen molar-refractivity contribution in [2.45, 2.75) is 25.3 Å². The Balaban J connectivity index is 1.36. The van der Waals surface area contributed by atoms with Crippen molar-refractivity contribution in [2.24, 2.45) is 5.73 Å². The molecule has 7 nitrogen and oxygen atoms in total. The Morgan fingerprint density at radius 3 is 2.12 bits per heavy atom. The number of nitrogens with two attached hydrogens (primary N) is 1. The van der Waals surface area contributed by atoms with E-state index in [1.807, 2.05) is 12.1 Å². The molecule has 32 heavy (non-hydrogen) atoms. The van der Waals surface area contributed by atoms with E-state index >= 15 is 0 Å². The topological polar surface area (TPSA) is 97.8 Å². The summed E-state index contributed by atoms with van der Waals surface area (Å²) in [6.45, 7) is 2.50. The third-order valence-corrected chi connectivity index (χ3v) is 5.65. The molecule has 1 saturated heterocycles. The van der Waals surface area contributed by atoms with E-state index in [0.717, 1.165) is 31.7 Å². The van der Waals surface area contributed by atoms with Crippen molar-refractivity contribution in [1.82, 2.24) is 10.2 Å². The van der Waals surface area contributed by atoms with Crippen LogP contribution in [0.3, 0.4) is 0 Å². The Labute approximate surface area is 187 Å². The van der Waals surface area contributed by atoms with E-state index in [9.17, 15) is 9.59 Å². The Bertz CT molecular complexity index is 1020. The summed E-state index contributed by atoms with van der Waals surface area (Å²) in [4.78, 5) is 26.3. The molecule has 0 aliphatic carbocycles. The molecule has 1 atom stereocenters. The second-order valence-electron chi connectivity index (χ2n) is 7.85. The van der Waals surface area contributed by atoms with Gasteiger partial charge in [-0.25, -0.2) is 0 Å². The maximum atomic E-state index is 12.7. The number of ether oxygens (including phenoxy) is 1. The number of likely N-dealkylation sites (tertiary alicyclic amines) is 1. The molecule has 7 heteroatoms. The molecule has 166 valence electrons. The molecule has 2 heterocycles. The molecule has 0 radical (unpaired) electrons. The lowest BCUT2D eigenvalue weighted by Gasteiger charge is -2.33. The summed E-state index contributed by atoms with van der Waals surface area (Å²) >= 11 is 0. The van der Waals surface area contributed by atoms with Crippen molar-refractivity contribution >= 4 is 11.8 Å². The van der Waals surface area contributed by atoms with Crippen LogP contribution >= 0.6 is 0 Å². The number of primary amides is 1. The fourth-order valence-electron chi connectivity index (χ4n) is 3.91. The number of rotatable bonds is 8. The van der Waals surface area contributed by atoms with Gasteiger partial charge in [-0.15, -0.1) is 0 Å². The van der Waals surface area contributed by atoms with E-state index in [2.05, 4.69) is 10.2 Å². The highest BCUT2D eigenvalue weighted by Gasteiger charge is 2.25. The molecule has 1 aromatic heterocycles. The molecule has 4 rings (SSSR count). The van der Waals surface area contributed by atoms with Crippen LogP contribution in [0.4, 0.5) is 0 Å². The molecule has 0 spiro atoms. The first kappa shape index (κ1) is 21.6. The van der Waals surface area contributed by atoms with Crippen molar-refractivity contribution in [3.8, 4) is 11.5 Å². The lowest BCUT2D eigenvalue weighted by atomic mass is 10.1. The van der Waals surface area contributed by atoms with Crippen LogP contribution in [0.1, 0.15) is 51.8 Å². The Morgan fingerprint density at radius 2 is 1.56 bits per heavy atom. The predicted molar refractivity (Wildman–Crippen MR) is 121 cm³/mol. The Kier molecular flexibility index (Phi) is 6.87. The van der Waals surface area contributed by atoms with Gasteiger partial charge in [0.25, 0.3) is 5.91 Å². The minimum Gasteiger partial charge on any atom is -0.468 e. The van der Waals surface area contributed by atoms with Crippen LogP contribution in [-0.4, -0.2) is 36.3 Å². The summed E-state index contributed by atoms with van der Waals surface area (Å²) in [5.74, 6) is 1.42. The van der Waals surface area contributed by atoms with Crippen molar-refractivity contribution in [3.63, 3.8) is 0 Å². The standard InChI is InChI=1S/C25H27N3O4/c26-24(29)18-6-10-20(11-7-18)32-21-12-8-19(9-13-21)25(30)27-17-22(23-5-4-16-31-23)28-14-2-1-3-15-28/h4-13,16,22H,1-3,14-15,17H2,(H2,26,29)(H,27,30). The number of nitrogens with zero attached hydrogens (tertiary/aromatic N) is 1. The molecule has 0 saturated carbocycles. The lowest BCUT2D eigenvalue weighted by molar-refractivity contribution is 0.0913. The number of amides is 2. The van der Waals surface area contributed by atoms with Crippen LogP contribution in [0.25, 0.3) is 0 Å². The predicted octanol–water partition coefficient (Wildman–Crippen LogP) is 4.13. The van der Waals surface area contributed by atoms with Gasteiger partial charge >= 0.3 is 0 Å². The minimum absolute atomic E-state index is 0.0280. The summed E-state index contributed by atoms with van der Waals surface area (Å²) < 4.78 is 11.4. The van der Waals surface area contributed by atoms with Gasteiger partial charge in [-0.05, 0) is 86.6 Å². The number of carbonyl (C=O) groups is 2. The second-order valence-corrected chi connectivity index (χ2v) is 7.85. The van der Waals surface area contributed by atoms with Gasteiger partial charge in [0.15, 0.2) is 0 Å². The SMILES string of the molecule is NC(=O)c1ccc(Oc2ccc(C(=O)NCC(c3ccco3)N3CCCCC3)cc2)cc1. The van der Waals surface area contributed by atoms with Gasteiger partial charge in [0.05, 0.1) is 12.3 Å². The molecule has 1 aliphatic rings. The van der Waals surface area contributed by atoms with Gasteiger partial charge in [-0.1, -0.05) is 6.42 Å². The minimum atomic E-state index is -0.485. The zero-order valence-electron chi connectivity index (χ0n) is 17.8. The molecule has 2 aromatic carbocycles. The highest BCUT2D eigenvalue weighted by molar-refractivity contribution is 5.94. The quantitative estimate of drug-likeness (QED) is 0.557. The zero-order chi connectivity index (χ0) is 22.3. The maximum Gasteiger partial charge on any atom is 0.251 e. The number of benzene rings is 2. The fourth-order valence-corrected chi connectivity index (χ4v) is 3.91. The second kappa shape index (κ2) is 10.2. The molecule has 1 unspecified atom stereocenters. The monoisotopic (exact) mass is 433 g/mol. The number of carbonyl (C=O) groups excluding carboxylic acids is 2. The van der Waals surface area contributed by atoms with E-state index in [1.165, 1.54) is 6.42 Å². The van der Waals surface area contributed by atoms with Crippen molar-refractivity contribution in [2.75, 3.05) is 19.6 Å². The Hall–Kier alpha value is -3.58. The van der Waals surface area contributed by atoms with E-state index in [0.29, 0.717) is 29.2 Å². The highest BCUT2D eigenvalue weighted by Crippen LogP contribution is 2.25. The average molecular weight is 434 g/mol. The van der Waals surface area contributed by atoms with E-state index in [-0.39, 0.29) is 11.9 Å². The van der Waals surface area contributed by atoms with Crippen LogP contribution in [-0.2, 0) is 0 Å². The van der Waals surface area contributed by atoms with E-state index < -0.39 is 5.91 Å². The number of hydrogen-bond donors (Lipinski definition) is 2. The lowest BCUT2D eigenvalue weighted by Crippen LogP contribution is -2.40. The summed E-state index contributed by atoms with van der Waals surface area (Å²) in [5, 5.41) is 3.05. The van der Waals surface area contributed by atoms with Gasteiger partial charge in [-0.2, -0.15) is 0 Å². The number of hydrogen-bond acceptors (Lipinski definition) is 5. The first-order valence-electron chi connectivity index (χ1n) is 10.8. The Morgan fingerprint density at radius 1 is 0.938 bits per heavy atom. The van der Waals surface area contributed by atoms with Crippen LogP contribution in [0.2, 0.25) is 0 Å². The number of furan rings is 1. The summed E-state index contributed by atoms with van der Waals surface area (Å²) in [6.07, 6.45) is 5.25. The smallest absolute Gasteiger partial charge is 0.251 e. The van der Waals surface area contributed by atoms with Crippen molar-refractivity contribution < 1.29 is 18.7 Å². The van der Waals surface area contributed by atoms with Crippen molar-refractivity contribution in [3.05, 3.63) is 83.8 Å². The van der Waals surface area contributed by atoms with Crippen LogP contribution in [0.5, 0.6) is 11.5 Å². The van der Waals surface area contributed by atoms with Gasteiger partial charge < -0.3 is 20.2 Å². The highest BCUT2D eigenvalue weighted by atomic mass is 16.5. The van der Waals surface area contributed by atoms with Crippen LogP contribution in [0.15, 0.2) is 71.3 Å². The maximum absolute atomic E-state index is 12.7. The summed E-state index contributed by atoms with van der Waals surface area (Å²) in [6, 6.07) is 17.4. The third-order valence-electron chi connectivity index (χ3n) is 5.65. The molecular formula is C25H27N3O4. The molecule has 1 fully saturated rings. The fraction of sp³-hybridized carbons (Fsp3) is 0.280. The molecule has 0 bridgehead atoms. The van der Waals surface area contributed by atoms with Gasteiger partial charge in [0.1, 0.15) is 17.3 Å². The summed E-state index contributed by atoms with van der Waals surface area (Å²) in [7, 11) is 0. The third kappa shape index (κ3) is 5.36. The first-order chi connectivity index (χ1) is 15.6. The molecule has 3 N–H and O–H groups in total. The van der Waals surface area contributed by atoms with Gasteiger partial charge in [0.2, 0.25) is 5.91 Å². The largest absolute Gasteiger partial charge is 0.468 e. The molecule has 3 aromatic rings. The van der Waals surface area contributed by atoms with Gasteiger partial charge in [-0.3, -0.25) is 14.5 Å². The number of nitrogens with one attached hydrogen (secondary N) is 1. The van der Waals surface area contributed by atoms with Gasteiger partial charge in [0, 0.05) is 17.7 Å². The average Bonchev–Trinajstić information content (AvgIpc) is 3.35. The first-order valence-corrected chi connectivity index (χ1v) is 10.8. The van der Waals surface area contributed by atoms with E-state index in [4.69, 9.17) is 14.9 Å². The normalized spacial score (nSPS) is 15.1. The molecule has 1 aliphatic heterocycles. The molecule has 2 amide bonds.